The Kier molecular flexibility index (Phi) is 5.82. The molecule has 27 heavy (non-hydrogen) atoms. The van der Waals surface area contributed by atoms with E-state index in [-0.39, 0.29) is 11.8 Å². The van der Waals surface area contributed by atoms with Crippen LogP contribution in [0.1, 0.15) is 34.6 Å². The van der Waals surface area contributed by atoms with E-state index in [2.05, 4.69) is 18.7 Å². The Morgan fingerprint density at radius 2 is 1.63 bits per heavy atom. The van der Waals surface area contributed by atoms with Crippen LogP contribution in [0.15, 0.2) is 42.5 Å². The van der Waals surface area contributed by atoms with Gasteiger partial charge in [-0.3, -0.25) is 9.59 Å². The largest absolute Gasteiger partial charge is 0.311 e. The highest BCUT2D eigenvalue weighted by molar-refractivity contribution is 6.31. The van der Waals surface area contributed by atoms with Gasteiger partial charge in [-0.2, -0.15) is 0 Å². The van der Waals surface area contributed by atoms with Crippen molar-refractivity contribution in [3.63, 3.8) is 0 Å². The number of amides is 2. The molecule has 1 heterocycles. The van der Waals surface area contributed by atoms with Crippen molar-refractivity contribution in [1.29, 1.82) is 0 Å². The lowest BCUT2D eigenvalue weighted by molar-refractivity contribution is 0.0975. The molecule has 1 aliphatic heterocycles. The van der Waals surface area contributed by atoms with E-state index < -0.39 is 0 Å². The van der Waals surface area contributed by atoms with Gasteiger partial charge >= 0.3 is 0 Å². The van der Waals surface area contributed by atoms with E-state index in [4.69, 9.17) is 11.6 Å². The first-order chi connectivity index (χ1) is 13.0. The van der Waals surface area contributed by atoms with E-state index in [1.165, 1.54) is 4.90 Å². The SMILES string of the molecule is CCN(CC)CCN1C(=O)c2ccccc2N(C)C(=O)c2cc(Cl)ccc21. The molecule has 0 saturated carbocycles. The summed E-state index contributed by atoms with van der Waals surface area (Å²) in [6.45, 7) is 7.24. The van der Waals surface area contributed by atoms with Crippen molar-refractivity contribution < 1.29 is 9.59 Å². The maximum Gasteiger partial charge on any atom is 0.260 e. The number of halogens is 1. The first-order valence-electron chi connectivity index (χ1n) is 9.18. The van der Waals surface area contributed by atoms with Crippen molar-refractivity contribution in [3.8, 4) is 0 Å². The van der Waals surface area contributed by atoms with E-state index in [0.29, 0.717) is 34.1 Å². The molecule has 0 radical (unpaired) electrons. The minimum absolute atomic E-state index is 0.110. The summed E-state index contributed by atoms with van der Waals surface area (Å²) in [5.74, 6) is -0.291. The Hall–Kier alpha value is -2.37. The second kappa shape index (κ2) is 8.11. The molecule has 1 aliphatic rings. The summed E-state index contributed by atoms with van der Waals surface area (Å²) in [6.07, 6.45) is 0. The van der Waals surface area contributed by atoms with Crippen molar-refractivity contribution in [2.75, 3.05) is 43.0 Å². The number of carbonyl (C=O) groups excluding carboxylic acids is 2. The fourth-order valence-electron chi connectivity index (χ4n) is 3.41. The van der Waals surface area contributed by atoms with Crippen LogP contribution in [0.5, 0.6) is 0 Å². The summed E-state index contributed by atoms with van der Waals surface area (Å²) < 4.78 is 0. The van der Waals surface area contributed by atoms with Gasteiger partial charge in [0.2, 0.25) is 0 Å². The minimum Gasteiger partial charge on any atom is -0.311 e. The molecule has 0 N–H and O–H groups in total. The lowest BCUT2D eigenvalue weighted by atomic mass is 10.0. The summed E-state index contributed by atoms with van der Waals surface area (Å²) >= 11 is 6.16. The molecule has 142 valence electrons. The molecule has 0 aliphatic carbocycles. The van der Waals surface area contributed by atoms with Gasteiger partial charge in [-0.25, -0.2) is 0 Å². The van der Waals surface area contributed by atoms with Crippen molar-refractivity contribution in [3.05, 3.63) is 58.6 Å². The molecule has 2 amide bonds. The molecule has 0 fully saturated rings. The molecule has 0 atom stereocenters. The highest BCUT2D eigenvalue weighted by atomic mass is 35.5. The molecule has 0 aromatic heterocycles. The number of para-hydroxylation sites is 1. The third-order valence-electron chi connectivity index (χ3n) is 5.06. The fourth-order valence-corrected chi connectivity index (χ4v) is 3.58. The Morgan fingerprint density at radius 3 is 2.33 bits per heavy atom. The van der Waals surface area contributed by atoms with Gasteiger partial charge in [-0.05, 0) is 43.4 Å². The number of anilines is 2. The maximum absolute atomic E-state index is 13.4. The van der Waals surface area contributed by atoms with Crippen LogP contribution in [0.3, 0.4) is 0 Å². The first-order valence-corrected chi connectivity index (χ1v) is 9.56. The number of nitrogens with zero attached hydrogens (tertiary/aromatic N) is 3. The number of hydrogen-bond acceptors (Lipinski definition) is 3. The molecule has 3 rings (SSSR count). The van der Waals surface area contributed by atoms with Gasteiger partial charge in [-0.15, -0.1) is 0 Å². The normalized spacial score (nSPS) is 14.1. The van der Waals surface area contributed by atoms with Crippen LogP contribution in [0, 0.1) is 0 Å². The summed E-state index contributed by atoms with van der Waals surface area (Å²) in [6, 6.07) is 12.3. The summed E-state index contributed by atoms with van der Waals surface area (Å²) in [5, 5.41) is 0.473. The van der Waals surface area contributed by atoms with Crippen LogP contribution in [0.25, 0.3) is 0 Å². The highest BCUT2D eigenvalue weighted by Crippen LogP contribution is 2.33. The molecule has 0 spiro atoms. The van der Waals surface area contributed by atoms with Gasteiger partial charge in [0.05, 0.1) is 22.5 Å². The van der Waals surface area contributed by atoms with Crippen LogP contribution in [-0.2, 0) is 0 Å². The zero-order chi connectivity index (χ0) is 19.6. The zero-order valence-electron chi connectivity index (χ0n) is 15.9. The second-order valence-corrected chi connectivity index (χ2v) is 6.96. The van der Waals surface area contributed by atoms with E-state index in [9.17, 15) is 9.59 Å². The number of hydrogen-bond donors (Lipinski definition) is 0. The van der Waals surface area contributed by atoms with Gasteiger partial charge in [0.1, 0.15) is 0 Å². The Labute approximate surface area is 165 Å². The zero-order valence-corrected chi connectivity index (χ0v) is 16.7. The standard InChI is InChI=1S/C21H24ClN3O2/c1-4-24(5-2)12-13-25-19-11-10-15(22)14-17(19)20(26)23(3)18-9-7-6-8-16(18)21(25)27/h6-11,14H,4-5,12-13H2,1-3H3. The molecule has 0 saturated heterocycles. The summed E-state index contributed by atoms with van der Waals surface area (Å²) in [4.78, 5) is 32.0. The molecule has 5 nitrogen and oxygen atoms in total. The first kappa shape index (κ1) is 19.4. The maximum atomic E-state index is 13.4. The summed E-state index contributed by atoms with van der Waals surface area (Å²) in [7, 11) is 1.69. The smallest absolute Gasteiger partial charge is 0.260 e. The Balaban J connectivity index is 2.12. The summed E-state index contributed by atoms with van der Waals surface area (Å²) in [5.41, 5.74) is 2.16. The second-order valence-electron chi connectivity index (χ2n) is 6.53. The van der Waals surface area contributed by atoms with E-state index in [1.54, 1.807) is 42.3 Å². The molecule has 2 aromatic carbocycles. The molecule has 0 unspecified atom stereocenters. The van der Waals surface area contributed by atoms with Crippen molar-refractivity contribution >= 4 is 34.8 Å². The predicted molar refractivity (Wildman–Crippen MR) is 110 cm³/mol. The number of likely N-dealkylation sites (N-methyl/N-ethyl adjacent to an activating group) is 1. The number of fused-ring (bicyclic) bond motifs is 2. The predicted octanol–water partition coefficient (Wildman–Crippen LogP) is 3.92. The highest BCUT2D eigenvalue weighted by Gasteiger charge is 2.31. The van der Waals surface area contributed by atoms with Gasteiger partial charge in [-0.1, -0.05) is 37.6 Å². The van der Waals surface area contributed by atoms with Crippen molar-refractivity contribution in [1.82, 2.24) is 4.90 Å². The third kappa shape index (κ3) is 3.70. The van der Waals surface area contributed by atoms with Crippen LogP contribution in [0.2, 0.25) is 5.02 Å². The van der Waals surface area contributed by atoms with E-state index in [0.717, 1.165) is 19.6 Å². The molecule has 0 bridgehead atoms. The topological polar surface area (TPSA) is 43.9 Å². The molecular formula is C21H24ClN3O2. The van der Waals surface area contributed by atoms with Crippen LogP contribution in [0.4, 0.5) is 11.4 Å². The molecule has 2 aromatic rings. The third-order valence-corrected chi connectivity index (χ3v) is 5.29. The molecule has 6 heteroatoms. The number of carbonyl (C=O) groups is 2. The van der Waals surface area contributed by atoms with Gasteiger partial charge < -0.3 is 14.7 Å². The lowest BCUT2D eigenvalue weighted by Gasteiger charge is -2.32. The van der Waals surface area contributed by atoms with Crippen LogP contribution in [-0.4, -0.2) is 49.9 Å². The van der Waals surface area contributed by atoms with Crippen LogP contribution >= 0.6 is 11.6 Å². The van der Waals surface area contributed by atoms with Gasteiger partial charge in [0, 0.05) is 25.2 Å². The van der Waals surface area contributed by atoms with Crippen molar-refractivity contribution in [2.24, 2.45) is 0 Å². The van der Waals surface area contributed by atoms with E-state index in [1.807, 2.05) is 12.1 Å². The molecular weight excluding hydrogens is 362 g/mol. The minimum atomic E-state index is -0.180. The number of rotatable bonds is 5. The van der Waals surface area contributed by atoms with Gasteiger partial charge in [0.25, 0.3) is 11.8 Å². The quantitative estimate of drug-likeness (QED) is 0.783. The fraction of sp³-hybridized carbons (Fsp3) is 0.333. The average Bonchev–Trinajstić information content (AvgIpc) is 2.69. The monoisotopic (exact) mass is 385 g/mol. The van der Waals surface area contributed by atoms with Gasteiger partial charge in [0.15, 0.2) is 0 Å². The van der Waals surface area contributed by atoms with Crippen LogP contribution < -0.4 is 9.80 Å². The van der Waals surface area contributed by atoms with Crippen molar-refractivity contribution in [2.45, 2.75) is 13.8 Å². The average molecular weight is 386 g/mol. The lowest BCUT2D eigenvalue weighted by Crippen LogP contribution is -2.42. The van der Waals surface area contributed by atoms with E-state index >= 15 is 0 Å². The number of benzene rings is 2. The Morgan fingerprint density at radius 1 is 0.926 bits per heavy atom. The Bertz CT molecular complexity index is 864.